The molecule has 3 aliphatic rings. The van der Waals surface area contributed by atoms with Crippen LogP contribution in [0.3, 0.4) is 0 Å². The van der Waals surface area contributed by atoms with E-state index in [-0.39, 0.29) is 0 Å². The second kappa shape index (κ2) is 7.35. The van der Waals surface area contributed by atoms with E-state index in [1.165, 1.54) is 24.1 Å². The molecule has 162 valence electrons. The first-order chi connectivity index (χ1) is 15.1. The fraction of sp³-hybridized carbons (Fsp3) is 0.522. The van der Waals surface area contributed by atoms with Gasteiger partial charge in [0.2, 0.25) is 0 Å². The summed E-state index contributed by atoms with van der Waals surface area (Å²) in [5, 5.41) is 5.18. The highest BCUT2D eigenvalue weighted by atomic mass is 35.5. The monoisotopic (exact) mass is 437 g/mol. The highest BCUT2D eigenvalue weighted by Crippen LogP contribution is 2.41. The molecule has 1 unspecified atom stereocenters. The molecule has 4 atom stereocenters. The molecule has 2 bridgehead atoms. The molecular weight excluding hydrogens is 410 g/mol. The zero-order valence-electron chi connectivity index (χ0n) is 18.0. The molecule has 0 aromatic carbocycles. The summed E-state index contributed by atoms with van der Waals surface area (Å²) in [6.45, 7) is 5.19. The molecular formula is C23H28ClN7. The van der Waals surface area contributed by atoms with E-state index in [4.69, 9.17) is 16.6 Å². The molecule has 0 amide bonds. The first-order valence-electron chi connectivity index (χ1n) is 11.3. The van der Waals surface area contributed by atoms with Crippen LogP contribution in [0.15, 0.2) is 24.7 Å². The topological polar surface area (TPSA) is 73.0 Å². The van der Waals surface area contributed by atoms with Crippen LogP contribution in [0.1, 0.15) is 31.0 Å². The maximum atomic E-state index is 6.37. The number of hydrogen-bond acceptors (Lipinski definition) is 6. The minimum Gasteiger partial charge on any atom is -0.363 e. The van der Waals surface area contributed by atoms with Crippen LogP contribution in [0.25, 0.3) is 11.0 Å². The molecule has 1 aliphatic carbocycles. The second-order valence-electron chi connectivity index (χ2n) is 9.32. The number of aromatic amines is 1. The lowest BCUT2D eigenvalue weighted by molar-refractivity contribution is 0.311. The van der Waals surface area contributed by atoms with Gasteiger partial charge in [-0.05, 0) is 50.8 Å². The van der Waals surface area contributed by atoms with Crippen LogP contribution < -0.4 is 15.1 Å². The largest absolute Gasteiger partial charge is 0.363 e. The third-order valence-corrected chi connectivity index (χ3v) is 7.81. The van der Waals surface area contributed by atoms with Crippen molar-refractivity contribution in [2.75, 3.05) is 29.9 Å². The van der Waals surface area contributed by atoms with E-state index in [1.54, 1.807) is 6.33 Å². The zero-order chi connectivity index (χ0) is 21.1. The fourth-order valence-electron chi connectivity index (χ4n) is 6.18. The SMILES string of the molecule is CNC1[C@@H]2CC[C@H]1CN(c1ncnc3c1CN(c1cc(Cl)nc4[nH]ccc14)[C@H](C)C3)C2. The fourth-order valence-corrected chi connectivity index (χ4v) is 6.37. The third kappa shape index (κ3) is 3.09. The number of fused-ring (bicyclic) bond motifs is 4. The maximum Gasteiger partial charge on any atom is 0.141 e. The minimum atomic E-state index is 0.318. The molecule has 1 saturated heterocycles. The van der Waals surface area contributed by atoms with Gasteiger partial charge in [0, 0.05) is 55.3 Å². The summed E-state index contributed by atoms with van der Waals surface area (Å²) in [6.07, 6.45) is 7.21. The number of rotatable bonds is 3. The lowest BCUT2D eigenvalue weighted by Gasteiger charge is -2.42. The summed E-state index contributed by atoms with van der Waals surface area (Å²) in [7, 11) is 2.11. The Morgan fingerprint density at radius 2 is 2.00 bits per heavy atom. The van der Waals surface area contributed by atoms with E-state index in [1.807, 2.05) is 12.3 Å². The second-order valence-corrected chi connectivity index (χ2v) is 9.71. The molecule has 0 spiro atoms. The molecule has 2 fully saturated rings. The zero-order valence-corrected chi connectivity index (χ0v) is 18.7. The van der Waals surface area contributed by atoms with Gasteiger partial charge in [-0.2, -0.15) is 0 Å². The number of halogens is 1. The average Bonchev–Trinajstić information content (AvgIpc) is 3.33. The van der Waals surface area contributed by atoms with Gasteiger partial charge in [0.25, 0.3) is 0 Å². The van der Waals surface area contributed by atoms with E-state index in [2.05, 4.69) is 50.1 Å². The van der Waals surface area contributed by atoms with E-state index >= 15 is 0 Å². The summed E-state index contributed by atoms with van der Waals surface area (Å²) in [4.78, 5) is 22.1. The van der Waals surface area contributed by atoms with Gasteiger partial charge in [-0.3, -0.25) is 0 Å². The van der Waals surface area contributed by atoms with Gasteiger partial charge in [0.1, 0.15) is 22.9 Å². The first-order valence-corrected chi connectivity index (χ1v) is 11.7. The number of nitrogens with zero attached hydrogens (tertiary/aromatic N) is 5. The summed E-state index contributed by atoms with van der Waals surface area (Å²) in [5.74, 6) is 2.52. The van der Waals surface area contributed by atoms with Gasteiger partial charge in [-0.25, -0.2) is 15.0 Å². The van der Waals surface area contributed by atoms with Crippen molar-refractivity contribution in [3.63, 3.8) is 0 Å². The maximum absolute atomic E-state index is 6.37. The predicted octanol–water partition coefficient (Wildman–Crippen LogP) is 3.39. The Hall–Kier alpha value is -2.38. The van der Waals surface area contributed by atoms with Crippen molar-refractivity contribution in [3.8, 4) is 0 Å². The molecule has 3 aromatic rings. The van der Waals surface area contributed by atoms with Crippen LogP contribution in [0, 0.1) is 11.8 Å². The van der Waals surface area contributed by atoms with Crippen molar-refractivity contribution in [1.82, 2.24) is 25.3 Å². The van der Waals surface area contributed by atoms with Crippen molar-refractivity contribution in [1.29, 1.82) is 0 Å². The van der Waals surface area contributed by atoms with E-state index in [9.17, 15) is 0 Å². The smallest absolute Gasteiger partial charge is 0.141 e. The molecule has 5 heterocycles. The van der Waals surface area contributed by atoms with Crippen molar-refractivity contribution in [2.45, 2.75) is 44.8 Å². The number of nitrogens with one attached hydrogen (secondary N) is 2. The van der Waals surface area contributed by atoms with Gasteiger partial charge in [-0.15, -0.1) is 0 Å². The Morgan fingerprint density at radius 3 is 2.77 bits per heavy atom. The predicted molar refractivity (Wildman–Crippen MR) is 124 cm³/mol. The Balaban J connectivity index is 1.37. The number of pyridine rings is 1. The Kier molecular flexibility index (Phi) is 4.58. The summed E-state index contributed by atoms with van der Waals surface area (Å²) in [6, 6.07) is 5.03. The number of hydrogen-bond donors (Lipinski definition) is 2. The summed E-state index contributed by atoms with van der Waals surface area (Å²) >= 11 is 6.37. The van der Waals surface area contributed by atoms with Crippen LogP contribution >= 0.6 is 11.6 Å². The Bertz CT molecular complexity index is 1110. The van der Waals surface area contributed by atoms with Crippen LogP contribution in [-0.4, -0.2) is 52.2 Å². The highest BCUT2D eigenvalue weighted by Gasteiger charge is 2.42. The average molecular weight is 438 g/mol. The van der Waals surface area contributed by atoms with Crippen molar-refractivity contribution in [2.24, 2.45) is 11.8 Å². The third-order valence-electron chi connectivity index (χ3n) is 7.61. The number of piperidine rings is 1. The van der Waals surface area contributed by atoms with Gasteiger partial charge in [-0.1, -0.05) is 11.6 Å². The van der Waals surface area contributed by atoms with Crippen molar-refractivity contribution < 1.29 is 0 Å². The van der Waals surface area contributed by atoms with Crippen LogP contribution in [-0.2, 0) is 13.0 Å². The molecule has 0 radical (unpaired) electrons. The highest BCUT2D eigenvalue weighted by molar-refractivity contribution is 6.30. The summed E-state index contributed by atoms with van der Waals surface area (Å²) in [5.41, 5.74) is 4.40. The van der Waals surface area contributed by atoms with E-state index < -0.39 is 0 Å². The van der Waals surface area contributed by atoms with Crippen molar-refractivity contribution in [3.05, 3.63) is 41.1 Å². The Morgan fingerprint density at radius 1 is 1.19 bits per heavy atom. The van der Waals surface area contributed by atoms with Crippen LogP contribution in [0.4, 0.5) is 11.5 Å². The van der Waals surface area contributed by atoms with Gasteiger partial charge < -0.3 is 20.1 Å². The quantitative estimate of drug-likeness (QED) is 0.612. The first kappa shape index (κ1) is 19.3. The molecule has 7 nitrogen and oxygen atoms in total. The number of H-pyrrole nitrogens is 1. The lowest BCUT2D eigenvalue weighted by atomic mass is 9.91. The normalized spacial score (nSPS) is 27.7. The van der Waals surface area contributed by atoms with Crippen LogP contribution in [0.5, 0.6) is 0 Å². The number of aromatic nitrogens is 4. The van der Waals surface area contributed by atoms with Crippen LogP contribution in [0.2, 0.25) is 5.15 Å². The molecule has 31 heavy (non-hydrogen) atoms. The Labute approximate surface area is 187 Å². The van der Waals surface area contributed by atoms with Gasteiger partial charge in [0.05, 0.1) is 11.4 Å². The summed E-state index contributed by atoms with van der Waals surface area (Å²) < 4.78 is 0. The standard InChI is InChI=1S/C23H28ClN7/c1-13-7-18-17(11-31(13)19-8-20(24)29-22-16(19)5-6-26-22)23(28-12-27-18)30-9-14-3-4-15(10-30)21(14)25-2/h5-6,8,12-15,21,25H,3-4,7,9-11H2,1-2H3,(H,26,29)/t13-,14-,15+,21?/m1/s1. The van der Waals surface area contributed by atoms with E-state index in [0.717, 1.165) is 48.6 Å². The van der Waals surface area contributed by atoms with Crippen molar-refractivity contribution >= 4 is 34.1 Å². The molecule has 2 aliphatic heterocycles. The van der Waals surface area contributed by atoms with E-state index in [0.29, 0.717) is 29.1 Å². The molecule has 3 aromatic heterocycles. The molecule has 8 heteroatoms. The van der Waals surface area contributed by atoms with Gasteiger partial charge >= 0.3 is 0 Å². The molecule has 2 N–H and O–H groups in total. The molecule has 6 rings (SSSR count). The van der Waals surface area contributed by atoms with Gasteiger partial charge in [0.15, 0.2) is 0 Å². The number of anilines is 2. The lowest BCUT2D eigenvalue weighted by Crippen LogP contribution is -2.51. The minimum absolute atomic E-state index is 0.318. The molecule has 1 saturated carbocycles.